The molecule has 0 bridgehead atoms. The first-order valence-electron chi connectivity index (χ1n) is 5.94. The minimum atomic E-state index is -0.0241. The van der Waals surface area contributed by atoms with Gasteiger partial charge in [-0.15, -0.1) is 0 Å². The Balaban J connectivity index is 2.32. The highest BCUT2D eigenvalue weighted by molar-refractivity contribution is 9.10. The van der Waals surface area contributed by atoms with Crippen molar-refractivity contribution in [2.24, 2.45) is 0 Å². The predicted octanol–water partition coefficient (Wildman–Crippen LogP) is 3.77. The Morgan fingerprint density at radius 1 is 1.29 bits per heavy atom. The topological polar surface area (TPSA) is 29.1 Å². The van der Waals surface area contributed by atoms with Crippen LogP contribution in [0.5, 0.6) is 0 Å². The Morgan fingerprint density at radius 3 is 2.65 bits per heavy atom. The molecule has 0 spiro atoms. The van der Waals surface area contributed by atoms with E-state index in [4.69, 9.17) is 0 Å². The van der Waals surface area contributed by atoms with Gasteiger partial charge in [-0.25, -0.2) is 0 Å². The molecule has 3 heteroatoms. The quantitative estimate of drug-likeness (QED) is 0.628. The average Bonchev–Trinajstić information content (AvgIpc) is 2.34. The van der Waals surface area contributed by atoms with E-state index in [2.05, 4.69) is 28.2 Å². The molecule has 1 N–H and O–H groups in total. The lowest BCUT2D eigenvalue weighted by molar-refractivity contribution is -0.116. The Bertz CT molecular complexity index is 370. The number of carbonyl (C=O) groups excluding carboxylic acids is 1. The SMILES string of the molecule is CCCCCNC(=O)/C=C/c1ccc(Br)cc1. The summed E-state index contributed by atoms with van der Waals surface area (Å²) in [5.74, 6) is -0.0241. The van der Waals surface area contributed by atoms with Gasteiger partial charge in [0.2, 0.25) is 5.91 Å². The Hall–Kier alpha value is -1.09. The maximum atomic E-state index is 11.4. The predicted molar refractivity (Wildman–Crippen MR) is 75.7 cm³/mol. The Kier molecular flexibility index (Phi) is 6.63. The summed E-state index contributed by atoms with van der Waals surface area (Å²) >= 11 is 3.37. The second-order valence-electron chi connectivity index (χ2n) is 3.88. The van der Waals surface area contributed by atoms with E-state index in [0.717, 1.165) is 29.4 Å². The van der Waals surface area contributed by atoms with Crippen LogP contribution in [0.2, 0.25) is 0 Å². The van der Waals surface area contributed by atoms with Crippen LogP contribution >= 0.6 is 15.9 Å². The third kappa shape index (κ3) is 6.27. The number of carbonyl (C=O) groups is 1. The van der Waals surface area contributed by atoms with Crippen LogP contribution in [0.25, 0.3) is 6.08 Å². The molecule has 0 aliphatic rings. The smallest absolute Gasteiger partial charge is 0.243 e. The van der Waals surface area contributed by atoms with Crippen LogP contribution in [0.1, 0.15) is 31.7 Å². The van der Waals surface area contributed by atoms with Crippen LogP contribution < -0.4 is 5.32 Å². The molecule has 17 heavy (non-hydrogen) atoms. The van der Waals surface area contributed by atoms with Crippen LogP contribution in [0.4, 0.5) is 0 Å². The van der Waals surface area contributed by atoms with E-state index in [1.807, 2.05) is 30.3 Å². The van der Waals surface area contributed by atoms with E-state index in [1.165, 1.54) is 6.42 Å². The van der Waals surface area contributed by atoms with Gasteiger partial charge in [-0.2, -0.15) is 0 Å². The second-order valence-corrected chi connectivity index (χ2v) is 4.80. The van der Waals surface area contributed by atoms with Gasteiger partial charge in [-0.05, 0) is 30.2 Å². The third-order valence-corrected chi connectivity index (χ3v) is 2.91. The molecule has 0 radical (unpaired) electrons. The van der Waals surface area contributed by atoms with Crippen molar-refractivity contribution in [1.82, 2.24) is 5.32 Å². The first-order valence-corrected chi connectivity index (χ1v) is 6.73. The fourth-order valence-electron chi connectivity index (χ4n) is 1.39. The maximum absolute atomic E-state index is 11.4. The summed E-state index contributed by atoms with van der Waals surface area (Å²) in [7, 11) is 0. The summed E-state index contributed by atoms with van der Waals surface area (Å²) in [4.78, 5) is 11.4. The Morgan fingerprint density at radius 2 is 2.00 bits per heavy atom. The molecule has 1 aromatic rings. The molecule has 0 aliphatic carbocycles. The van der Waals surface area contributed by atoms with Crippen molar-refractivity contribution in [1.29, 1.82) is 0 Å². The lowest BCUT2D eigenvalue weighted by atomic mass is 10.2. The van der Waals surface area contributed by atoms with E-state index >= 15 is 0 Å². The van der Waals surface area contributed by atoms with Crippen molar-refractivity contribution in [2.45, 2.75) is 26.2 Å². The molecular formula is C14H18BrNO. The van der Waals surface area contributed by atoms with Crippen LogP contribution in [0, 0.1) is 0 Å². The van der Waals surface area contributed by atoms with Crippen molar-refractivity contribution < 1.29 is 4.79 Å². The molecule has 0 aliphatic heterocycles. The van der Waals surface area contributed by atoms with Gasteiger partial charge in [0.1, 0.15) is 0 Å². The first kappa shape index (κ1) is 14.0. The van der Waals surface area contributed by atoms with Crippen molar-refractivity contribution >= 4 is 27.9 Å². The number of rotatable bonds is 6. The molecule has 92 valence electrons. The van der Waals surface area contributed by atoms with Crippen LogP contribution in [-0.2, 0) is 4.79 Å². The largest absolute Gasteiger partial charge is 0.353 e. The highest BCUT2D eigenvalue weighted by Crippen LogP contribution is 2.11. The summed E-state index contributed by atoms with van der Waals surface area (Å²) in [5, 5.41) is 2.86. The summed E-state index contributed by atoms with van der Waals surface area (Å²) in [6.07, 6.45) is 6.78. The van der Waals surface area contributed by atoms with E-state index < -0.39 is 0 Å². The van der Waals surface area contributed by atoms with Gasteiger partial charge in [0.05, 0.1) is 0 Å². The normalized spacial score (nSPS) is 10.7. The summed E-state index contributed by atoms with van der Waals surface area (Å²) in [6, 6.07) is 7.84. The minimum absolute atomic E-state index is 0.0241. The molecule has 0 atom stereocenters. The molecule has 0 saturated carbocycles. The van der Waals surface area contributed by atoms with Gasteiger partial charge in [0, 0.05) is 17.1 Å². The zero-order chi connectivity index (χ0) is 12.5. The lowest BCUT2D eigenvalue weighted by Crippen LogP contribution is -2.21. The molecule has 2 nitrogen and oxygen atoms in total. The molecular weight excluding hydrogens is 278 g/mol. The van der Waals surface area contributed by atoms with Crippen molar-refractivity contribution in [2.75, 3.05) is 6.54 Å². The number of unbranched alkanes of at least 4 members (excludes halogenated alkanes) is 2. The molecule has 0 unspecified atom stereocenters. The number of amides is 1. The molecule has 1 amide bonds. The Labute approximate surface area is 111 Å². The second kappa shape index (κ2) is 8.07. The number of halogens is 1. The van der Waals surface area contributed by atoms with Gasteiger partial charge in [0.25, 0.3) is 0 Å². The van der Waals surface area contributed by atoms with Crippen molar-refractivity contribution in [3.8, 4) is 0 Å². The standard InChI is InChI=1S/C14H18BrNO/c1-2-3-4-11-16-14(17)10-7-12-5-8-13(15)9-6-12/h5-10H,2-4,11H2,1H3,(H,16,17)/b10-7+. The minimum Gasteiger partial charge on any atom is -0.353 e. The number of benzene rings is 1. The number of hydrogen-bond acceptors (Lipinski definition) is 1. The number of hydrogen-bond donors (Lipinski definition) is 1. The van der Waals surface area contributed by atoms with Crippen molar-refractivity contribution in [3.63, 3.8) is 0 Å². The van der Waals surface area contributed by atoms with E-state index in [9.17, 15) is 4.79 Å². The molecule has 0 saturated heterocycles. The van der Waals surface area contributed by atoms with Gasteiger partial charge >= 0.3 is 0 Å². The van der Waals surface area contributed by atoms with Crippen LogP contribution in [-0.4, -0.2) is 12.5 Å². The van der Waals surface area contributed by atoms with Gasteiger partial charge in [0.15, 0.2) is 0 Å². The van der Waals surface area contributed by atoms with E-state index in [-0.39, 0.29) is 5.91 Å². The van der Waals surface area contributed by atoms with Gasteiger partial charge in [-0.1, -0.05) is 47.8 Å². The van der Waals surface area contributed by atoms with Gasteiger partial charge < -0.3 is 5.32 Å². The molecule has 0 fully saturated rings. The lowest BCUT2D eigenvalue weighted by Gasteiger charge is -2.00. The maximum Gasteiger partial charge on any atom is 0.243 e. The zero-order valence-corrected chi connectivity index (χ0v) is 11.7. The monoisotopic (exact) mass is 295 g/mol. The molecule has 1 rings (SSSR count). The first-order chi connectivity index (χ1) is 8.22. The fraction of sp³-hybridized carbons (Fsp3) is 0.357. The van der Waals surface area contributed by atoms with Crippen LogP contribution in [0.3, 0.4) is 0 Å². The summed E-state index contributed by atoms with van der Waals surface area (Å²) in [6.45, 7) is 2.91. The van der Waals surface area contributed by atoms with E-state index in [0.29, 0.717) is 0 Å². The fourth-order valence-corrected chi connectivity index (χ4v) is 1.66. The highest BCUT2D eigenvalue weighted by atomic mass is 79.9. The van der Waals surface area contributed by atoms with Crippen LogP contribution in [0.15, 0.2) is 34.8 Å². The highest BCUT2D eigenvalue weighted by Gasteiger charge is 1.94. The van der Waals surface area contributed by atoms with E-state index in [1.54, 1.807) is 6.08 Å². The van der Waals surface area contributed by atoms with Crippen molar-refractivity contribution in [3.05, 3.63) is 40.4 Å². The van der Waals surface area contributed by atoms with Gasteiger partial charge in [-0.3, -0.25) is 4.79 Å². The zero-order valence-electron chi connectivity index (χ0n) is 10.1. The molecule has 1 aromatic carbocycles. The molecule has 0 aromatic heterocycles. The molecule has 0 heterocycles. The average molecular weight is 296 g/mol. The third-order valence-electron chi connectivity index (χ3n) is 2.38. The summed E-state index contributed by atoms with van der Waals surface area (Å²) < 4.78 is 1.04. The summed E-state index contributed by atoms with van der Waals surface area (Å²) in [5.41, 5.74) is 1.02. The number of nitrogens with one attached hydrogen (secondary N) is 1.